The molecule has 2 aromatic rings. The average molecular weight is 396 g/mol. The van der Waals surface area contributed by atoms with Crippen molar-refractivity contribution in [1.82, 2.24) is 4.90 Å². The van der Waals surface area contributed by atoms with Gasteiger partial charge in [0.15, 0.2) is 0 Å². The van der Waals surface area contributed by atoms with Crippen LogP contribution in [-0.2, 0) is 4.79 Å². The van der Waals surface area contributed by atoms with Gasteiger partial charge < -0.3 is 19.9 Å². The van der Waals surface area contributed by atoms with Crippen molar-refractivity contribution in [2.24, 2.45) is 0 Å². The molecule has 29 heavy (non-hydrogen) atoms. The Bertz CT molecular complexity index is 825. The summed E-state index contributed by atoms with van der Waals surface area (Å²) < 4.78 is 5.75. The summed E-state index contributed by atoms with van der Waals surface area (Å²) >= 11 is 0. The summed E-state index contributed by atoms with van der Waals surface area (Å²) in [5.41, 5.74) is 2.43. The Morgan fingerprint density at radius 1 is 1.00 bits per heavy atom. The number of anilines is 2. The molecule has 154 valence electrons. The highest BCUT2D eigenvalue weighted by Gasteiger charge is 2.18. The number of nitrogens with one attached hydrogen (secondary N) is 1. The van der Waals surface area contributed by atoms with Crippen LogP contribution in [0.3, 0.4) is 0 Å². The standard InChI is InChI=1S/C23H29N3O3/c1-4-17(2)29-22-11-5-19(6-12-22)23(28)24-20-7-9-21(10-8-20)26-15-13-25(14-16-26)18(3)27/h5-12,17H,4,13-16H2,1-3H3,(H,24,28). The van der Waals surface area contributed by atoms with Crippen molar-refractivity contribution in [3.63, 3.8) is 0 Å². The molecular weight excluding hydrogens is 366 g/mol. The minimum absolute atomic E-state index is 0.127. The van der Waals surface area contributed by atoms with E-state index in [0.717, 1.165) is 49.7 Å². The molecule has 0 aliphatic carbocycles. The van der Waals surface area contributed by atoms with Gasteiger partial charge in [-0.05, 0) is 61.9 Å². The Morgan fingerprint density at radius 2 is 1.62 bits per heavy atom. The monoisotopic (exact) mass is 395 g/mol. The van der Waals surface area contributed by atoms with Crippen LogP contribution in [0.2, 0.25) is 0 Å². The van der Waals surface area contributed by atoms with Crippen molar-refractivity contribution in [3.8, 4) is 5.75 Å². The van der Waals surface area contributed by atoms with E-state index in [-0.39, 0.29) is 17.9 Å². The Labute approximate surface area is 172 Å². The third-order valence-corrected chi connectivity index (χ3v) is 5.24. The van der Waals surface area contributed by atoms with Gasteiger partial charge in [0.2, 0.25) is 5.91 Å². The van der Waals surface area contributed by atoms with Crippen molar-refractivity contribution < 1.29 is 14.3 Å². The van der Waals surface area contributed by atoms with Gasteiger partial charge in [0.05, 0.1) is 6.10 Å². The summed E-state index contributed by atoms with van der Waals surface area (Å²) in [5.74, 6) is 0.746. The maximum absolute atomic E-state index is 12.5. The molecule has 2 amide bonds. The van der Waals surface area contributed by atoms with Gasteiger partial charge >= 0.3 is 0 Å². The predicted octanol–water partition coefficient (Wildman–Crippen LogP) is 3.78. The lowest BCUT2D eigenvalue weighted by atomic mass is 10.2. The third kappa shape index (κ3) is 5.50. The normalized spacial score (nSPS) is 15.0. The van der Waals surface area contributed by atoms with E-state index in [1.165, 1.54) is 0 Å². The van der Waals surface area contributed by atoms with Crippen LogP contribution in [-0.4, -0.2) is 49.0 Å². The number of carbonyl (C=O) groups excluding carboxylic acids is 2. The van der Waals surface area contributed by atoms with Crippen molar-refractivity contribution in [1.29, 1.82) is 0 Å². The molecule has 1 heterocycles. The van der Waals surface area contributed by atoms with Crippen LogP contribution in [0.15, 0.2) is 48.5 Å². The van der Waals surface area contributed by atoms with Crippen LogP contribution in [0.1, 0.15) is 37.6 Å². The molecule has 6 heteroatoms. The molecule has 0 spiro atoms. The average Bonchev–Trinajstić information content (AvgIpc) is 2.74. The summed E-state index contributed by atoms with van der Waals surface area (Å²) in [6.07, 6.45) is 1.09. The van der Waals surface area contributed by atoms with E-state index >= 15 is 0 Å². The summed E-state index contributed by atoms with van der Waals surface area (Å²) in [5, 5.41) is 2.93. The zero-order valence-corrected chi connectivity index (χ0v) is 17.4. The zero-order chi connectivity index (χ0) is 20.8. The Morgan fingerprint density at radius 3 is 2.17 bits per heavy atom. The number of carbonyl (C=O) groups is 2. The molecule has 1 fully saturated rings. The molecule has 2 aromatic carbocycles. The van der Waals surface area contributed by atoms with Gasteiger partial charge in [-0.2, -0.15) is 0 Å². The molecule has 1 saturated heterocycles. The fourth-order valence-corrected chi connectivity index (χ4v) is 3.24. The molecule has 6 nitrogen and oxygen atoms in total. The maximum Gasteiger partial charge on any atom is 0.255 e. The summed E-state index contributed by atoms with van der Waals surface area (Å²) in [7, 11) is 0. The SMILES string of the molecule is CCC(C)Oc1ccc(C(=O)Nc2ccc(N3CCN(C(C)=O)CC3)cc2)cc1. The first-order valence-corrected chi connectivity index (χ1v) is 10.1. The molecule has 1 atom stereocenters. The number of piperazine rings is 1. The van der Waals surface area contributed by atoms with Crippen molar-refractivity contribution in [2.45, 2.75) is 33.3 Å². The predicted molar refractivity (Wildman–Crippen MR) is 116 cm³/mol. The highest BCUT2D eigenvalue weighted by Crippen LogP contribution is 2.21. The molecular formula is C23H29N3O3. The Hall–Kier alpha value is -3.02. The van der Waals surface area contributed by atoms with Crippen LogP contribution in [0.25, 0.3) is 0 Å². The molecule has 0 bridgehead atoms. The zero-order valence-electron chi connectivity index (χ0n) is 17.4. The molecule has 1 aliphatic rings. The van der Waals surface area contributed by atoms with E-state index in [4.69, 9.17) is 4.74 Å². The molecule has 0 aromatic heterocycles. The first-order valence-electron chi connectivity index (χ1n) is 10.1. The fourth-order valence-electron chi connectivity index (χ4n) is 3.24. The molecule has 0 saturated carbocycles. The van der Waals surface area contributed by atoms with Gasteiger partial charge in [0.1, 0.15) is 5.75 Å². The number of rotatable bonds is 6. The number of benzene rings is 2. The lowest BCUT2D eigenvalue weighted by molar-refractivity contribution is -0.129. The van der Waals surface area contributed by atoms with Crippen molar-refractivity contribution in [3.05, 3.63) is 54.1 Å². The second-order valence-electron chi connectivity index (χ2n) is 7.36. The molecule has 0 radical (unpaired) electrons. The second kappa shape index (κ2) is 9.45. The number of amides is 2. The molecule has 1 aliphatic heterocycles. The molecule has 1 N–H and O–H groups in total. The quantitative estimate of drug-likeness (QED) is 0.809. The van der Waals surface area contributed by atoms with Crippen molar-refractivity contribution >= 4 is 23.2 Å². The largest absolute Gasteiger partial charge is 0.491 e. The summed E-state index contributed by atoms with van der Waals surface area (Å²) in [4.78, 5) is 28.1. The van der Waals surface area contributed by atoms with Crippen LogP contribution >= 0.6 is 0 Å². The van der Waals surface area contributed by atoms with Crippen LogP contribution in [0, 0.1) is 0 Å². The third-order valence-electron chi connectivity index (χ3n) is 5.24. The van der Waals surface area contributed by atoms with E-state index in [0.29, 0.717) is 5.56 Å². The number of nitrogens with zero attached hydrogens (tertiary/aromatic N) is 2. The van der Waals surface area contributed by atoms with Gasteiger partial charge in [-0.15, -0.1) is 0 Å². The van der Waals surface area contributed by atoms with E-state index in [9.17, 15) is 9.59 Å². The number of hydrogen-bond acceptors (Lipinski definition) is 4. The maximum atomic E-state index is 12.5. The van der Waals surface area contributed by atoms with Crippen LogP contribution in [0.5, 0.6) is 5.75 Å². The molecule has 1 unspecified atom stereocenters. The van der Waals surface area contributed by atoms with E-state index < -0.39 is 0 Å². The Kier molecular flexibility index (Phi) is 6.75. The number of ether oxygens (including phenoxy) is 1. The minimum Gasteiger partial charge on any atom is -0.491 e. The first-order chi connectivity index (χ1) is 14.0. The second-order valence-corrected chi connectivity index (χ2v) is 7.36. The van der Waals surface area contributed by atoms with Gasteiger partial charge in [-0.3, -0.25) is 9.59 Å². The van der Waals surface area contributed by atoms with Gasteiger partial charge in [0, 0.05) is 50.0 Å². The minimum atomic E-state index is -0.150. The van der Waals surface area contributed by atoms with Crippen molar-refractivity contribution in [2.75, 3.05) is 36.4 Å². The van der Waals surface area contributed by atoms with Gasteiger partial charge in [0.25, 0.3) is 5.91 Å². The lowest BCUT2D eigenvalue weighted by Gasteiger charge is -2.35. The topological polar surface area (TPSA) is 61.9 Å². The first kappa shape index (κ1) is 20.7. The number of hydrogen-bond donors (Lipinski definition) is 1. The highest BCUT2D eigenvalue weighted by molar-refractivity contribution is 6.04. The van der Waals surface area contributed by atoms with Crippen LogP contribution in [0.4, 0.5) is 11.4 Å². The lowest BCUT2D eigenvalue weighted by Crippen LogP contribution is -2.48. The summed E-state index contributed by atoms with van der Waals surface area (Å²) in [6.45, 7) is 8.82. The fraction of sp³-hybridized carbons (Fsp3) is 0.391. The van der Waals surface area contributed by atoms with Gasteiger partial charge in [-0.25, -0.2) is 0 Å². The van der Waals surface area contributed by atoms with Gasteiger partial charge in [-0.1, -0.05) is 6.92 Å². The van der Waals surface area contributed by atoms with E-state index in [2.05, 4.69) is 17.1 Å². The highest BCUT2D eigenvalue weighted by atomic mass is 16.5. The van der Waals surface area contributed by atoms with Crippen LogP contribution < -0.4 is 15.0 Å². The molecule has 3 rings (SSSR count). The summed E-state index contributed by atoms with van der Waals surface area (Å²) in [6, 6.07) is 15.0. The smallest absolute Gasteiger partial charge is 0.255 e. The van der Waals surface area contributed by atoms with E-state index in [1.807, 2.05) is 48.2 Å². The Balaban J connectivity index is 1.55. The van der Waals surface area contributed by atoms with E-state index in [1.54, 1.807) is 19.1 Å².